The van der Waals surface area contributed by atoms with Gasteiger partial charge in [0.25, 0.3) is 0 Å². The van der Waals surface area contributed by atoms with E-state index in [1.165, 1.54) is 0 Å². The van der Waals surface area contributed by atoms with E-state index in [0.717, 1.165) is 6.20 Å². The average molecular weight is 278 g/mol. The number of hydrogen-bond acceptors (Lipinski definition) is 3. The molecule has 0 saturated heterocycles. The molecule has 0 fully saturated rings. The van der Waals surface area contributed by atoms with Crippen LogP contribution in [0.3, 0.4) is 0 Å². The van der Waals surface area contributed by atoms with Crippen LogP contribution in [0, 0.1) is 29.1 Å². The highest BCUT2D eigenvalue weighted by molar-refractivity contribution is 5.58. The van der Waals surface area contributed by atoms with Crippen LogP contribution in [-0.4, -0.2) is 11.5 Å². The van der Waals surface area contributed by atoms with Gasteiger partial charge in [-0.05, 0) is 0 Å². The van der Waals surface area contributed by atoms with Gasteiger partial charge in [0.1, 0.15) is 0 Å². The van der Waals surface area contributed by atoms with Crippen molar-refractivity contribution in [3.05, 3.63) is 41.2 Å². The number of nitrogens with two attached hydrogens (primary N) is 1. The van der Waals surface area contributed by atoms with Gasteiger partial charge in [0.05, 0.1) is 11.8 Å². The van der Waals surface area contributed by atoms with E-state index in [1.54, 1.807) is 0 Å². The first-order valence-electron chi connectivity index (χ1n) is 5.14. The normalized spacial score (nSPS) is 11.1. The van der Waals surface area contributed by atoms with Crippen molar-refractivity contribution in [3.63, 3.8) is 0 Å². The van der Waals surface area contributed by atoms with Crippen molar-refractivity contribution in [2.75, 3.05) is 6.54 Å². The fourth-order valence-corrected chi connectivity index (χ4v) is 1.49. The molecule has 2 aromatic rings. The second-order valence-electron chi connectivity index (χ2n) is 3.60. The Labute approximate surface area is 103 Å². The molecule has 0 aliphatic carbocycles. The fraction of sp³-hybridized carbons (Fsp3) is 0.182. The van der Waals surface area contributed by atoms with Crippen molar-refractivity contribution in [2.24, 2.45) is 5.73 Å². The molecule has 3 nitrogen and oxygen atoms in total. The maximum atomic E-state index is 13.4. The van der Waals surface area contributed by atoms with Gasteiger partial charge in [-0.1, -0.05) is 0 Å². The van der Waals surface area contributed by atoms with Crippen LogP contribution in [0.1, 0.15) is 5.89 Å². The SMILES string of the molecule is NCCc1ncc(-c2c(F)c(F)c(F)c(F)c2F)o1. The summed E-state index contributed by atoms with van der Waals surface area (Å²) < 4.78 is 70.6. The third-order valence-corrected chi connectivity index (χ3v) is 2.37. The molecule has 1 aromatic heterocycles. The number of rotatable bonds is 3. The van der Waals surface area contributed by atoms with Gasteiger partial charge in [-0.3, -0.25) is 0 Å². The minimum absolute atomic E-state index is 0.0430. The summed E-state index contributed by atoms with van der Waals surface area (Å²) in [5.41, 5.74) is 4.07. The molecule has 0 radical (unpaired) electrons. The highest BCUT2D eigenvalue weighted by Gasteiger charge is 2.28. The predicted molar refractivity (Wildman–Crippen MR) is 54.5 cm³/mol. The Bertz CT molecular complexity index is 597. The molecule has 0 unspecified atom stereocenters. The molecule has 8 heteroatoms. The van der Waals surface area contributed by atoms with Gasteiger partial charge in [0.2, 0.25) is 5.82 Å². The van der Waals surface area contributed by atoms with Crippen molar-refractivity contribution in [1.82, 2.24) is 4.98 Å². The topological polar surface area (TPSA) is 52.0 Å². The zero-order chi connectivity index (χ0) is 14.2. The molecule has 0 bridgehead atoms. The predicted octanol–water partition coefficient (Wildman–Crippen LogP) is 2.54. The van der Waals surface area contributed by atoms with Gasteiger partial charge in [0, 0.05) is 13.0 Å². The van der Waals surface area contributed by atoms with Gasteiger partial charge in [-0.25, -0.2) is 26.9 Å². The van der Waals surface area contributed by atoms with Crippen LogP contribution in [0.4, 0.5) is 22.0 Å². The first-order valence-corrected chi connectivity index (χ1v) is 5.14. The van der Waals surface area contributed by atoms with Crippen LogP contribution < -0.4 is 5.73 Å². The fourth-order valence-electron chi connectivity index (χ4n) is 1.49. The first-order chi connectivity index (χ1) is 8.97. The van der Waals surface area contributed by atoms with Gasteiger partial charge < -0.3 is 10.2 Å². The number of halogens is 5. The molecule has 2 N–H and O–H groups in total. The van der Waals surface area contributed by atoms with Crippen LogP contribution in [-0.2, 0) is 6.42 Å². The Balaban J connectivity index is 2.61. The molecule has 0 aliphatic rings. The minimum Gasteiger partial charge on any atom is -0.440 e. The Morgan fingerprint density at radius 3 is 2.00 bits per heavy atom. The Hall–Kier alpha value is -1.96. The molecule has 1 heterocycles. The van der Waals surface area contributed by atoms with Gasteiger partial charge >= 0.3 is 0 Å². The van der Waals surface area contributed by atoms with Crippen molar-refractivity contribution in [1.29, 1.82) is 0 Å². The summed E-state index contributed by atoms with van der Waals surface area (Å²) in [6.45, 7) is 0.164. The van der Waals surface area contributed by atoms with Crippen molar-refractivity contribution < 1.29 is 26.4 Å². The third kappa shape index (κ3) is 2.19. The lowest BCUT2D eigenvalue weighted by Gasteiger charge is -2.05. The van der Waals surface area contributed by atoms with Crippen LogP contribution >= 0.6 is 0 Å². The minimum atomic E-state index is -2.22. The quantitative estimate of drug-likeness (QED) is 0.533. The molecule has 0 aliphatic heterocycles. The molecule has 102 valence electrons. The number of aromatic nitrogens is 1. The van der Waals surface area contributed by atoms with Crippen LogP contribution in [0.5, 0.6) is 0 Å². The molecular weight excluding hydrogens is 271 g/mol. The molecule has 0 atom stereocenters. The summed E-state index contributed by atoms with van der Waals surface area (Å²) in [6, 6.07) is 0. The summed E-state index contributed by atoms with van der Waals surface area (Å²) in [5.74, 6) is -10.7. The molecule has 2 rings (SSSR count). The van der Waals surface area contributed by atoms with E-state index < -0.39 is 40.4 Å². The lowest BCUT2D eigenvalue weighted by molar-refractivity contribution is 0.378. The van der Waals surface area contributed by atoms with Gasteiger partial charge in [-0.2, -0.15) is 0 Å². The molecule has 19 heavy (non-hydrogen) atoms. The highest BCUT2D eigenvalue weighted by atomic mass is 19.2. The van der Waals surface area contributed by atoms with E-state index in [0.29, 0.717) is 0 Å². The van der Waals surface area contributed by atoms with E-state index >= 15 is 0 Å². The Morgan fingerprint density at radius 2 is 1.47 bits per heavy atom. The second-order valence-corrected chi connectivity index (χ2v) is 3.60. The molecule has 0 spiro atoms. The standard InChI is InChI=1S/C11H7F5N2O/c12-7-6(4-3-18-5(19-4)1-2-17)8(13)10(15)11(16)9(7)14/h3H,1-2,17H2. The van der Waals surface area contributed by atoms with E-state index in [4.69, 9.17) is 10.2 Å². The van der Waals surface area contributed by atoms with E-state index in [1.807, 2.05) is 0 Å². The summed E-state index contributed by atoms with van der Waals surface area (Å²) in [7, 11) is 0. The molecular formula is C11H7F5N2O. The van der Waals surface area contributed by atoms with Crippen LogP contribution in [0.15, 0.2) is 10.6 Å². The lowest BCUT2D eigenvalue weighted by Crippen LogP contribution is -2.03. The van der Waals surface area contributed by atoms with Crippen molar-refractivity contribution >= 4 is 0 Å². The molecule has 0 saturated carbocycles. The van der Waals surface area contributed by atoms with Gasteiger partial charge in [0.15, 0.2) is 34.9 Å². The molecule has 0 amide bonds. The van der Waals surface area contributed by atoms with Crippen LogP contribution in [0.25, 0.3) is 11.3 Å². The smallest absolute Gasteiger partial charge is 0.200 e. The number of benzene rings is 1. The third-order valence-electron chi connectivity index (χ3n) is 2.37. The zero-order valence-corrected chi connectivity index (χ0v) is 9.31. The van der Waals surface area contributed by atoms with E-state index in [9.17, 15) is 22.0 Å². The van der Waals surface area contributed by atoms with E-state index in [-0.39, 0.29) is 18.9 Å². The van der Waals surface area contributed by atoms with Crippen molar-refractivity contribution in [3.8, 4) is 11.3 Å². The van der Waals surface area contributed by atoms with Crippen molar-refractivity contribution in [2.45, 2.75) is 6.42 Å². The Kier molecular flexibility index (Phi) is 3.52. The van der Waals surface area contributed by atoms with Crippen LogP contribution in [0.2, 0.25) is 0 Å². The number of oxazole rings is 1. The highest BCUT2D eigenvalue weighted by Crippen LogP contribution is 2.31. The monoisotopic (exact) mass is 278 g/mol. The maximum absolute atomic E-state index is 13.4. The Morgan fingerprint density at radius 1 is 0.947 bits per heavy atom. The average Bonchev–Trinajstić information content (AvgIpc) is 2.83. The van der Waals surface area contributed by atoms with E-state index in [2.05, 4.69) is 4.98 Å². The molecule has 1 aromatic carbocycles. The number of nitrogens with zero attached hydrogens (tertiary/aromatic N) is 1. The summed E-state index contributed by atoms with van der Waals surface area (Å²) in [6.07, 6.45) is 1.05. The first kappa shape index (κ1) is 13.5. The summed E-state index contributed by atoms with van der Waals surface area (Å²) in [5, 5.41) is 0. The lowest BCUT2D eigenvalue weighted by atomic mass is 10.1. The maximum Gasteiger partial charge on any atom is 0.200 e. The largest absolute Gasteiger partial charge is 0.440 e. The summed E-state index contributed by atoms with van der Waals surface area (Å²) >= 11 is 0. The van der Waals surface area contributed by atoms with Gasteiger partial charge in [-0.15, -0.1) is 0 Å². The number of hydrogen-bond donors (Lipinski definition) is 1. The second kappa shape index (κ2) is 4.96. The summed E-state index contributed by atoms with van der Waals surface area (Å²) in [4.78, 5) is 3.63. The zero-order valence-electron chi connectivity index (χ0n) is 9.31.